The molecule has 0 atom stereocenters. The predicted molar refractivity (Wildman–Crippen MR) is 97.0 cm³/mol. The second-order valence-electron chi connectivity index (χ2n) is 6.19. The minimum Gasteiger partial charge on any atom is -0.264 e. The van der Waals surface area contributed by atoms with Gasteiger partial charge in [-0.15, -0.1) is 0 Å². The van der Waals surface area contributed by atoms with Crippen LogP contribution in [-0.4, -0.2) is 19.6 Å². The molecule has 0 aromatic heterocycles. The summed E-state index contributed by atoms with van der Waals surface area (Å²) in [5.74, 6) is 0. The van der Waals surface area contributed by atoms with Gasteiger partial charge in [-0.1, -0.05) is 76.9 Å². The van der Waals surface area contributed by atoms with Crippen molar-refractivity contribution in [1.29, 1.82) is 0 Å². The van der Waals surface area contributed by atoms with Crippen molar-refractivity contribution in [2.24, 2.45) is 0 Å². The normalized spacial score (nSPS) is 11.8. The summed E-state index contributed by atoms with van der Waals surface area (Å²) in [6, 6.07) is 0. The summed E-state index contributed by atoms with van der Waals surface area (Å²) in [5, 5.41) is 0. The third-order valence-electron chi connectivity index (χ3n) is 3.89. The van der Waals surface area contributed by atoms with Gasteiger partial charge in [-0.3, -0.25) is 4.55 Å². The number of rotatable bonds is 17. The summed E-state index contributed by atoms with van der Waals surface area (Å²) in [6.45, 7) is 2.33. The molecule has 0 aromatic carbocycles. The molecular weight excluding hydrogens is 335 g/mol. The summed E-state index contributed by atoms with van der Waals surface area (Å²) < 4.78 is 33.3. The van der Waals surface area contributed by atoms with Crippen LogP contribution >= 0.6 is 0 Å². The summed E-state index contributed by atoms with van der Waals surface area (Å²) in [7, 11) is -4.25. The molecule has 0 unspecified atom stereocenters. The monoisotopic (exact) mass is 371 g/mol. The first kappa shape index (κ1) is 26.8. The van der Waals surface area contributed by atoms with Crippen LogP contribution < -0.4 is 29.6 Å². The first-order chi connectivity index (χ1) is 11.1. The third-order valence-corrected chi connectivity index (χ3v) is 4.35. The van der Waals surface area contributed by atoms with Crippen LogP contribution in [-0.2, 0) is 14.6 Å². The Morgan fingerprint density at radius 3 is 1.62 bits per heavy atom. The molecule has 0 amide bonds. The van der Waals surface area contributed by atoms with Gasteiger partial charge in [0.15, 0.2) is 0 Å². The van der Waals surface area contributed by atoms with Gasteiger partial charge in [-0.25, -0.2) is 4.18 Å². The van der Waals surface area contributed by atoms with Crippen LogP contribution in [0.4, 0.5) is 0 Å². The second-order valence-corrected chi connectivity index (χ2v) is 7.28. The number of hydrogen-bond donors (Lipinski definition) is 1. The summed E-state index contributed by atoms with van der Waals surface area (Å²) in [6.07, 6.45) is 21.5. The largest absolute Gasteiger partial charge is 1.00 e. The molecule has 0 aliphatic carbocycles. The van der Waals surface area contributed by atoms with E-state index < -0.39 is 10.4 Å². The molecule has 0 heterocycles. The third kappa shape index (κ3) is 24.9. The maximum atomic E-state index is 10.3. The van der Waals surface area contributed by atoms with E-state index in [-0.39, 0.29) is 36.2 Å². The van der Waals surface area contributed by atoms with Crippen LogP contribution in [0.3, 0.4) is 0 Å². The Hall–Kier alpha value is 0.610. The van der Waals surface area contributed by atoms with Crippen molar-refractivity contribution in [3.63, 3.8) is 0 Å². The van der Waals surface area contributed by atoms with E-state index in [4.69, 9.17) is 4.55 Å². The van der Waals surface area contributed by atoms with Gasteiger partial charge >= 0.3 is 40.0 Å². The van der Waals surface area contributed by atoms with Gasteiger partial charge in [0, 0.05) is 0 Å². The van der Waals surface area contributed by atoms with E-state index >= 15 is 0 Å². The zero-order chi connectivity index (χ0) is 17.2. The van der Waals surface area contributed by atoms with E-state index in [1.54, 1.807) is 0 Å². The maximum Gasteiger partial charge on any atom is 1.00 e. The van der Waals surface area contributed by atoms with Crippen molar-refractivity contribution in [1.82, 2.24) is 0 Å². The fourth-order valence-electron chi connectivity index (χ4n) is 2.51. The Morgan fingerprint density at radius 2 is 1.17 bits per heavy atom. The average molecular weight is 372 g/mol. The Balaban J connectivity index is 0. The molecule has 0 aromatic rings. The SMILES string of the molecule is CCCCCCCC/C=C\CCCCCCCCOS(=O)(=O)O.[Na+]. The van der Waals surface area contributed by atoms with Gasteiger partial charge in [0.25, 0.3) is 0 Å². The average Bonchev–Trinajstić information content (AvgIpc) is 2.49. The van der Waals surface area contributed by atoms with Crippen molar-refractivity contribution < 1.29 is 46.7 Å². The smallest absolute Gasteiger partial charge is 0.264 e. The maximum absolute atomic E-state index is 10.3. The topological polar surface area (TPSA) is 63.6 Å². The van der Waals surface area contributed by atoms with Crippen molar-refractivity contribution in [3.05, 3.63) is 12.2 Å². The molecule has 0 rings (SSSR count). The van der Waals surface area contributed by atoms with Crippen LogP contribution in [0.15, 0.2) is 12.2 Å². The molecular formula is C18H36NaO4S+. The van der Waals surface area contributed by atoms with E-state index in [1.807, 2.05) is 0 Å². The van der Waals surface area contributed by atoms with Gasteiger partial charge in [-0.05, 0) is 32.1 Å². The van der Waals surface area contributed by atoms with Crippen LogP contribution in [0, 0.1) is 0 Å². The summed E-state index contributed by atoms with van der Waals surface area (Å²) in [5.41, 5.74) is 0. The van der Waals surface area contributed by atoms with Crippen LogP contribution in [0.25, 0.3) is 0 Å². The molecule has 6 heteroatoms. The molecule has 0 bridgehead atoms. The van der Waals surface area contributed by atoms with E-state index in [1.165, 1.54) is 70.6 Å². The van der Waals surface area contributed by atoms with Crippen LogP contribution in [0.1, 0.15) is 96.8 Å². The number of allylic oxidation sites excluding steroid dienone is 2. The molecule has 0 radical (unpaired) electrons. The van der Waals surface area contributed by atoms with Gasteiger partial charge in [0.05, 0.1) is 6.61 Å². The molecule has 0 aliphatic heterocycles. The van der Waals surface area contributed by atoms with E-state index in [0.717, 1.165) is 12.8 Å². The summed E-state index contributed by atoms with van der Waals surface area (Å²) >= 11 is 0. The summed E-state index contributed by atoms with van der Waals surface area (Å²) in [4.78, 5) is 0. The molecule has 0 saturated carbocycles. The standard InChI is InChI=1S/C18H36O4S.Na/c1-2-3-4-5-6-7-8-9-10-11-12-13-14-15-16-17-18-22-23(19,20)21;/h9-10H,2-8,11-18H2,1H3,(H,19,20,21);/q;+1/b10-9-;. The molecule has 0 aliphatic rings. The number of hydrogen-bond acceptors (Lipinski definition) is 3. The minimum atomic E-state index is -4.25. The van der Waals surface area contributed by atoms with E-state index in [9.17, 15) is 8.42 Å². The molecule has 24 heavy (non-hydrogen) atoms. The van der Waals surface area contributed by atoms with Crippen molar-refractivity contribution in [2.45, 2.75) is 96.8 Å². The van der Waals surface area contributed by atoms with Gasteiger partial charge in [0.1, 0.15) is 0 Å². The molecule has 138 valence electrons. The Bertz CT molecular complexity index is 369. The van der Waals surface area contributed by atoms with Gasteiger partial charge in [-0.2, -0.15) is 8.42 Å². The number of unbranched alkanes of at least 4 members (excludes halogenated alkanes) is 12. The van der Waals surface area contributed by atoms with E-state index in [0.29, 0.717) is 6.42 Å². The first-order valence-corrected chi connectivity index (χ1v) is 10.7. The van der Waals surface area contributed by atoms with Crippen molar-refractivity contribution >= 4 is 10.4 Å². The predicted octanol–water partition coefficient (Wildman–Crippen LogP) is 2.85. The molecule has 0 spiro atoms. The van der Waals surface area contributed by atoms with Gasteiger partial charge < -0.3 is 0 Å². The quantitative estimate of drug-likeness (QED) is 0.185. The molecule has 4 nitrogen and oxygen atoms in total. The molecule has 1 N–H and O–H groups in total. The first-order valence-electron chi connectivity index (χ1n) is 9.33. The zero-order valence-electron chi connectivity index (χ0n) is 15.8. The van der Waals surface area contributed by atoms with Crippen molar-refractivity contribution in [3.8, 4) is 0 Å². The Morgan fingerprint density at radius 1 is 0.750 bits per heavy atom. The fourth-order valence-corrected chi connectivity index (χ4v) is 2.84. The van der Waals surface area contributed by atoms with Crippen molar-refractivity contribution in [2.75, 3.05) is 6.61 Å². The Kier molecular flexibility index (Phi) is 22.3. The molecule has 0 saturated heterocycles. The fraction of sp³-hybridized carbons (Fsp3) is 0.889. The zero-order valence-corrected chi connectivity index (χ0v) is 18.7. The van der Waals surface area contributed by atoms with Crippen LogP contribution in [0.2, 0.25) is 0 Å². The molecule has 0 fully saturated rings. The minimum absolute atomic E-state index is 0. The Labute approximate surface area is 172 Å². The van der Waals surface area contributed by atoms with Crippen LogP contribution in [0.5, 0.6) is 0 Å². The van der Waals surface area contributed by atoms with E-state index in [2.05, 4.69) is 23.3 Å². The second kappa shape index (κ2) is 19.9. The van der Waals surface area contributed by atoms with Gasteiger partial charge in [0.2, 0.25) is 0 Å².